The van der Waals surface area contributed by atoms with E-state index in [0.717, 1.165) is 0 Å². The van der Waals surface area contributed by atoms with E-state index in [2.05, 4.69) is 0 Å². The van der Waals surface area contributed by atoms with Gasteiger partial charge in [0, 0.05) is 5.02 Å². The Kier molecular flexibility index (Phi) is 2.39. The van der Waals surface area contributed by atoms with E-state index in [-0.39, 0.29) is 6.42 Å². The van der Waals surface area contributed by atoms with E-state index < -0.39 is 23.3 Å². The highest BCUT2D eigenvalue weighted by Crippen LogP contribution is 2.56. The van der Waals surface area contributed by atoms with Gasteiger partial charge in [-0.3, -0.25) is 9.59 Å². The van der Waals surface area contributed by atoms with Crippen molar-refractivity contribution in [2.75, 3.05) is 0 Å². The van der Waals surface area contributed by atoms with E-state index in [0.29, 0.717) is 10.6 Å². The van der Waals surface area contributed by atoms with Gasteiger partial charge >= 0.3 is 11.9 Å². The van der Waals surface area contributed by atoms with Crippen molar-refractivity contribution in [1.29, 1.82) is 0 Å². The Labute approximate surface area is 96.5 Å². The quantitative estimate of drug-likeness (QED) is 0.844. The molecule has 4 nitrogen and oxygen atoms in total. The van der Waals surface area contributed by atoms with Crippen LogP contribution >= 0.6 is 11.6 Å². The zero-order chi connectivity index (χ0) is 11.9. The zero-order valence-electron chi connectivity index (χ0n) is 8.18. The summed E-state index contributed by atoms with van der Waals surface area (Å²) in [6, 6.07) is 6.47. The van der Waals surface area contributed by atoms with Gasteiger partial charge in [0.1, 0.15) is 5.41 Å². The normalized spacial score (nSPS) is 27.4. The van der Waals surface area contributed by atoms with Gasteiger partial charge in [-0.1, -0.05) is 29.8 Å². The van der Waals surface area contributed by atoms with Crippen LogP contribution in [0.4, 0.5) is 0 Å². The first-order chi connectivity index (χ1) is 7.50. The molecule has 1 fully saturated rings. The van der Waals surface area contributed by atoms with Crippen LogP contribution in [0.25, 0.3) is 0 Å². The monoisotopic (exact) mass is 240 g/mol. The number of carboxylic acid groups (broad SMARTS) is 2. The van der Waals surface area contributed by atoms with Crippen molar-refractivity contribution < 1.29 is 19.8 Å². The average Bonchev–Trinajstić information content (AvgIpc) is 2.94. The number of halogens is 1. The number of aliphatic carboxylic acids is 2. The molecule has 0 aromatic heterocycles. The highest BCUT2D eigenvalue weighted by Gasteiger charge is 2.66. The van der Waals surface area contributed by atoms with Gasteiger partial charge in [0.05, 0.1) is 5.92 Å². The second kappa shape index (κ2) is 3.49. The van der Waals surface area contributed by atoms with Crippen molar-refractivity contribution in [3.8, 4) is 0 Å². The maximum atomic E-state index is 11.2. The molecule has 0 saturated heterocycles. The summed E-state index contributed by atoms with van der Waals surface area (Å²) >= 11 is 5.91. The van der Waals surface area contributed by atoms with Crippen LogP contribution in [0.5, 0.6) is 0 Å². The second-order valence-electron chi connectivity index (χ2n) is 3.85. The summed E-state index contributed by atoms with van der Waals surface area (Å²) in [4.78, 5) is 22.1. The van der Waals surface area contributed by atoms with Crippen LogP contribution < -0.4 is 0 Å². The molecule has 0 radical (unpaired) electrons. The predicted octanol–water partition coefficient (Wildman–Crippen LogP) is 1.77. The summed E-state index contributed by atoms with van der Waals surface area (Å²) in [6.45, 7) is 0. The first-order valence-electron chi connectivity index (χ1n) is 4.71. The summed E-state index contributed by atoms with van der Waals surface area (Å²) in [7, 11) is 0. The molecule has 1 aromatic carbocycles. The summed E-state index contributed by atoms with van der Waals surface area (Å²) in [5.41, 5.74) is -0.957. The molecule has 0 bridgehead atoms. The maximum Gasteiger partial charge on any atom is 0.315 e. The van der Waals surface area contributed by atoms with Crippen molar-refractivity contribution in [3.05, 3.63) is 34.9 Å². The fourth-order valence-corrected chi connectivity index (χ4v) is 2.34. The smallest absolute Gasteiger partial charge is 0.315 e. The molecule has 1 aliphatic rings. The van der Waals surface area contributed by atoms with Gasteiger partial charge in [-0.15, -0.1) is 0 Å². The molecule has 5 heteroatoms. The average molecular weight is 241 g/mol. The van der Waals surface area contributed by atoms with Crippen LogP contribution in [0.3, 0.4) is 0 Å². The summed E-state index contributed by atoms with van der Waals surface area (Å²) < 4.78 is 0. The molecular formula is C11H9ClO4. The van der Waals surface area contributed by atoms with Crippen molar-refractivity contribution in [2.45, 2.75) is 11.8 Å². The van der Waals surface area contributed by atoms with Crippen LogP contribution in [0.15, 0.2) is 24.3 Å². The number of carbonyl (C=O) groups is 2. The number of hydrogen-bond acceptors (Lipinski definition) is 2. The lowest BCUT2D eigenvalue weighted by molar-refractivity contribution is -0.145. The molecule has 0 heterocycles. The number of carboxylic acids is 2. The Hall–Kier alpha value is -1.55. The Balaban J connectivity index is 2.49. The fourth-order valence-electron chi connectivity index (χ4n) is 2.03. The molecule has 0 amide bonds. The van der Waals surface area contributed by atoms with E-state index >= 15 is 0 Å². The van der Waals surface area contributed by atoms with Crippen molar-refractivity contribution in [1.82, 2.24) is 0 Å². The molecule has 2 N–H and O–H groups in total. The molecule has 2 rings (SSSR count). The van der Waals surface area contributed by atoms with E-state index in [1.54, 1.807) is 24.3 Å². The predicted molar refractivity (Wildman–Crippen MR) is 56.5 cm³/mol. The number of benzene rings is 1. The largest absolute Gasteiger partial charge is 0.481 e. The third-order valence-corrected chi connectivity index (χ3v) is 3.32. The van der Waals surface area contributed by atoms with Crippen LogP contribution in [0, 0.1) is 5.92 Å². The molecule has 84 valence electrons. The highest BCUT2D eigenvalue weighted by molar-refractivity contribution is 6.32. The topological polar surface area (TPSA) is 74.6 Å². The van der Waals surface area contributed by atoms with E-state index in [4.69, 9.17) is 16.7 Å². The highest BCUT2D eigenvalue weighted by atomic mass is 35.5. The van der Waals surface area contributed by atoms with Gasteiger partial charge in [-0.2, -0.15) is 0 Å². The molecule has 0 aliphatic heterocycles. The molecule has 0 spiro atoms. The lowest BCUT2D eigenvalue weighted by Crippen LogP contribution is -2.25. The Morgan fingerprint density at radius 1 is 1.31 bits per heavy atom. The first kappa shape index (κ1) is 11.0. The molecular weight excluding hydrogens is 232 g/mol. The summed E-state index contributed by atoms with van der Waals surface area (Å²) in [6.07, 6.45) is 0.0986. The van der Waals surface area contributed by atoms with Gasteiger partial charge in [0.15, 0.2) is 0 Å². The Bertz CT molecular complexity index is 471. The molecule has 2 unspecified atom stereocenters. The molecule has 1 aliphatic carbocycles. The second-order valence-corrected chi connectivity index (χ2v) is 4.26. The third-order valence-electron chi connectivity index (χ3n) is 3.00. The molecule has 2 atom stereocenters. The van der Waals surface area contributed by atoms with Crippen molar-refractivity contribution in [2.24, 2.45) is 5.92 Å². The first-order valence-corrected chi connectivity index (χ1v) is 5.09. The Morgan fingerprint density at radius 3 is 2.38 bits per heavy atom. The van der Waals surface area contributed by atoms with Crippen molar-refractivity contribution >= 4 is 23.5 Å². The van der Waals surface area contributed by atoms with Crippen molar-refractivity contribution in [3.63, 3.8) is 0 Å². The minimum atomic E-state index is -1.34. The fraction of sp³-hybridized carbons (Fsp3) is 0.273. The van der Waals surface area contributed by atoms with Crippen LogP contribution in [-0.4, -0.2) is 22.2 Å². The lowest BCUT2D eigenvalue weighted by Gasteiger charge is -2.12. The lowest BCUT2D eigenvalue weighted by atomic mass is 9.93. The van der Waals surface area contributed by atoms with Crippen LogP contribution in [0.1, 0.15) is 12.0 Å². The standard InChI is InChI=1S/C11H9ClO4/c12-8-4-2-1-3-6(8)11(10(15)16)5-7(11)9(13)14/h1-4,7H,5H2,(H,13,14)(H,15,16). The van der Waals surface area contributed by atoms with Gasteiger partial charge in [0.2, 0.25) is 0 Å². The summed E-state index contributed by atoms with van der Waals surface area (Å²) in [5, 5.41) is 18.4. The Morgan fingerprint density at radius 2 is 1.94 bits per heavy atom. The van der Waals surface area contributed by atoms with Crippen LogP contribution in [0.2, 0.25) is 5.02 Å². The summed E-state index contributed by atoms with van der Waals surface area (Å²) in [5.74, 6) is -3.11. The number of rotatable bonds is 3. The molecule has 1 saturated carbocycles. The van der Waals surface area contributed by atoms with E-state index in [9.17, 15) is 14.7 Å². The van der Waals surface area contributed by atoms with Gasteiger partial charge in [-0.25, -0.2) is 0 Å². The molecule has 1 aromatic rings. The zero-order valence-corrected chi connectivity index (χ0v) is 8.94. The maximum absolute atomic E-state index is 11.2. The van der Waals surface area contributed by atoms with E-state index in [1.165, 1.54) is 0 Å². The minimum absolute atomic E-state index is 0.0986. The van der Waals surface area contributed by atoms with Crippen LogP contribution in [-0.2, 0) is 15.0 Å². The molecule has 16 heavy (non-hydrogen) atoms. The number of hydrogen-bond donors (Lipinski definition) is 2. The van der Waals surface area contributed by atoms with Gasteiger partial charge < -0.3 is 10.2 Å². The van der Waals surface area contributed by atoms with Gasteiger partial charge in [-0.05, 0) is 18.1 Å². The van der Waals surface area contributed by atoms with E-state index in [1.807, 2.05) is 0 Å². The minimum Gasteiger partial charge on any atom is -0.481 e. The SMILES string of the molecule is O=C(O)C1CC1(C(=O)O)c1ccccc1Cl. The third kappa shape index (κ3) is 1.38. The van der Waals surface area contributed by atoms with Gasteiger partial charge in [0.25, 0.3) is 0 Å².